The Bertz CT molecular complexity index is 778. The molecule has 5 nitrogen and oxygen atoms in total. The Balaban J connectivity index is 0.970. The summed E-state index contributed by atoms with van der Waals surface area (Å²) < 4.78 is 43.7. The summed E-state index contributed by atoms with van der Waals surface area (Å²) in [4.78, 5) is 24.5. The van der Waals surface area contributed by atoms with Crippen molar-refractivity contribution in [3.8, 4) is 0 Å². The minimum absolute atomic E-state index is 0.0272. The normalized spacial score (nSPS) is 46.0. The second-order valence-corrected chi connectivity index (χ2v) is 12.9. The van der Waals surface area contributed by atoms with Crippen LogP contribution in [-0.2, 0) is 23.8 Å². The highest BCUT2D eigenvalue weighted by atomic mass is 19.3. The van der Waals surface area contributed by atoms with E-state index in [0.29, 0.717) is 51.0 Å². The van der Waals surface area contributed by atoms with Crippen LogP contribution in [0, 0.1) is 53.3 Å². The molecule has 8 rings (SSSR count). The number of hydrogen-bond donors (Lipinski definition) is 0. The number of halogens is 2. The van der Waals surface area contributed by atoms with Gasteiger partial charge in [-0.15, -0.1) is 0 Å². The molecule has 0 aromatic rings. The third kappa shape index (κ3) is 4.28. The Morgan fingerprint density at radius 3 is 2.00 bits per heavy atom. The predicted octanol–water partition coefficient (Wildman–Crippen LogP) is 5.36. The molecular weight excluding hydrogens is 442 g/mol. The van der Waals surface area contributed by atoms with Crippen LogP contribution in [0.1, 0.15) is 77.6 Å². The van der Waals surface area contributed by atoms with Gasteiger partial charge in [0.2, 0.25) is 0 Å². The SMILES string of the molecule is CC(F)(F)C(=O)OC12CC3CC(C1)C(CC(=O)OCOCC1C4CC5CC(C4)CC1C5)C(C3)C2. The van der Waals surface area contributed by atoms with Gasteiger partial charge in [-0.1, -0.05) is 0 Å². The summed E-state index contributed by atoms with van der Waals surface area (Å²) in [6, 6.07) is 0. The number of ether oxygens (including phenoxy) is 3. The van der Waals surface area contributed by atoms with Crippen molar-refractivity contribution in [3.63, 3.8) is 0 Å². The van der Waals surface area contributed by atoms with E-state index in [1.165, 1.54) is 32.1 Å². The molecular formula is C27H38F2O5. The topological polar surface area (TPSA) is 61.8 Å². The smallest absolute Gasteiger partial charge is 0.377 e. The maximum Gasteiger partial charge on any atom is 0.377 e. The average Bonchev–Trinajstić information content (AvgIpc) is 2.73. The maximum absolute atomic E-state index is 13.5. The molecule has 8 aliphatic carbocycles. The van der Waals surface area contributed by atoms with Gasteiger partial charge in [-0.2, -0.15) is 8.78 Å². The van der Waals surface area contributed by atoms with E-state index in [-0.39, 0.29) is 30.5 Å². The fraction of sp³-hybridized carbons (Fsp3) is 0.926. The van der Waals surface area contributed by atoms with Crippen molar-refractivity contribution >= 4 is 11.9 Å². The summed E-state index contributed by atoms with van der Waals surface area (Å²) in [6.07, 6.45) is 11.0. The molecule has 0 aromatic heterocycles. The monoisotopic (exact) mass is 480 g/mol. The lowest BCUT2D eigenvalue weighted by molar-refractivity contribution is -0.216. The Hall–Kier alpha value is -1.24. The van der Waals surface area contributed by atoms with Gasteiger partial charge >= 0.3 is 17.9 Å². The Kier molecular flexibility index (Phi) is 5.74. The van der Waals surface area contributed by atoms with Gasteiger partial charge in [0.25, 0.3) is 0 Å². The van der Waals surface area contributed by atoms with Crippen LogP contribution >= 0.6 is 0 Å². The fourth-order valence-electron chi connectivity index (χ4n) is 9.65. The highest BCUT2D eigenvalue weighted by molar-refractivity contribution is 5.77. The Morgan fingerprint density at radius 2 is 1.41 bits per heavy atom. The van der Waals surface area contributed by atoms with Crippen LogP contribution in [0.15, 0.2) is 0 Å². The number of esters is 2. The van der Waals surface area contributed by atoms with Crippen LogP contribution in [0.5, 0.6) is 0 Å². The number of rotatable bonds is 8. The van der Waals surface area contributed by atoms with E-state index in [0.717, 1.165) is 36.5 Å². The largest absolute Gasteiger partial charge is 0.455 e. The highest BCUT2D eigenvalue weighted by Gasteiger charge is 2.58. The predicted molar refractivity (Wildman–Crippen MR) is 119 cm³/mol. The van der Waals surface area contributed by atoms with E-state index in [1.54, 1.807) is 0 Å². The van der Waals surface area contributed by atoms with Crippen molar-refractivity contribution in [2.24, 2.45) is 53.3 Å². The first kappa shape index (κ1) is 23.2. The second-order valence-electron chi connectivity index (χ2n) is 12.9. The number of alkyl halides is 2. The second kappa shape index (κ2) is 8.41. The standard InChI is InChI=1S/C27H38F2O5/c1-26(28,29)25(31)34-27-10-17-7-20(11-27)22(21(8-17)12-27)9-24(30)33-14-32-13-23-18-3-15-2-16(5-18)6-19(23)4-15/h15-23H,2-14H2,1H3. The van der Waals surface area contributed by atoms with Gasteiger partial charge in [0.1, 0.15) is 5.60 Å². The summed E-state index contributed by atoms with van der Waals surface area (Å²) in [5, 5.41) is 0. The molecule has 2 unspecified atom stereocenters. The summed E-state index contributed by atoms with van der Waals surface area (Å²) in [7, 11) is 0. The van der Waals surface area contributed by atoms with Crippen LogP contribution in [0.3, 0.4) is 0 Å². The molecule has 34 heavy (non-hydrogen) atoms. The molecule has 190 valence electrons. The molecule has 0 spiro atoms. The molecule has 0 radical (unpaired) electrons. The average molecular weight is 481 g/mol. The molecule has 0 N–H and O–H groups in total. The lowest BCUT2D eigenvalue weighted by Crippen LogP contribution is -2.57. The van der Waals surface area contributed by atoms with Gasteiger partial charge in [-0.3, -0.25) is 4.79 Å². The van der Waals surface area contributed by atoms with Crippen molar-refractivity contribution < 1.29 is 32.6 Å². The van der Waals surface area contributed by atoms with E-state index in [1.807, 2.05) is 0 Å². The maximum atomic E-state index is 13.5. The summed E-state index contributed by atoms with van der Waals surface area (Å²) in [5.74, 6) is 0.0385. The minimum Gasteiger partial charge on any atom is -0.455 e. The van der Waals surface area contributed by atoms with Gasteiger partial charge in [-0.25, -0.2) is 4.79 Å². The molecule has 0 saturated heterocycles. The van der Waals surface area contributed by atoms with Crippen LogP contribution in [0.2, 0.25) is 0 Å². The number of carbonyl (C=O) groups is 2. The quantitative estimate of drug-likeness (QED) is 0.266. The van der Waals surface area contributed by atoms with Crippen LogP contribution in [0.4, 0.5) is 8.78 Å². The molecule has 0 aliphatic heterocycles. The molecule has 8 fully saturated rings. The fourth-order valence-corrected chi connectivity index (χ4v) is 9.65. The van der Waals surface area contributed by atoms with E-state index >= 15 is 0 Å². The molecule has 8 aliphatic rings. The van der Waals surface area contributed by atoms with Gasteiger partial charge < -0.3 is 14.2 Å². The van der Waals surface area contributed by atoms with Gasteiger partial charge in [0.05, 0.1) is 6.61 Å². The van der Waals surface area contributed by atoms with Crippen molar-refractivity contribution in [2.75, 3.05) is 13.4 Å². The first-order valence-electron chi connectivity index (χ1n) is 13.5. The van der Waals surface area contributed by atoms with Crippen molar-refractivity contribution in [1.29, 1.82) is 0 Å². The molecule has 7 heteroatoms. The van der Waals surface area contributed by atoms with Crippen LogP contribution < -0.4 is 0 Å². The van der Waals surface area contributed by atoms with Gasteiger partial charge in [0, 0.05) is 13.3 Å². The zero-order valence-electron chi connectivity index (χ0n) is 20.2. The molecule has 8 saturated carbocycles. The van der Waals surface area contributed by atoms with Gasteiger partial charge in [0.15, 0.2) is 6.79 Å². The summed E-state index contributed by atoms with van der Waals surface area (Å²) in [6.45, 7) is 1.33. The molecule has 0 aromatic carbocycles. The Morgan fingerprint density at radius 1 is 0.824 bits per heavy atom. The third-order valence-electron chi connectivity index (χ3n) is 10.5. The van der Waals surface area contributed by atoms with Crippen LogP contribution in [-0.4, -0.2) is 36.9 Å². The van der Waals surface area contributed by atoms with E-state index in [2.05, 4.69) is 0 Å². The van der Waals surface area contributed by atoms with Crippen LogP contribution in [0.25, 0.3) is 0 Å². The zero-order chi connectivity index (χ0) is 23.7. The lowest BCUT2D eigenvalue weighted by Gasteiger charge is -2.59. The zero-order valence-corrected chi connectivity index (χ0v) is 20.2. The van der Waals surface area contributed by atoms with Crippen molar-refractivity contribution in [2.45, 2.75) is 89.1 Å². The lowest BCUT2D eigenvalue weighted by atomic mass is 9.49. The van der Waals surface area contributed by atoms with E-state index < -0.39 is 17.5 Å². The first-order valence-corrected chi connectivity index (χ1v) is 13.5. The highest BCUT2D eigenvalue weighted by Crippen LogP contribution is 2.61. The van der Waals surface area contributed by atoms with E-state index in [9.17, 15) is 18.4 Å². The number of hydrogen-bond acceptors (Lipinski definition) is 5. The minimum atomic E-state index is -3.47. The molecule has 0 heterocycles. The van der Waals surface area contributed by atoms with E-state index in [4.69, 9.17) is 14.2 Å². The Labute approximate surface area is 200 Å². The van der Waals surface area contributed by atoms with Gasteiger partial charge in [-0.05, 0) is 117 Å². The molecule has 8 bridgehead atoms. The third-order valence-corrected chi connectivity index (χ3v) is 10.5. The first-order chi connectivity index (χ1) is 16.2. The molecule has 2 atom stereocenters. The molecule has 0 amide bonds. The summed E-state index contributed by atoms with van der Waals surface area (Å²) >= 11 is 0. The van der Waals surface area contributed by atoms with Crippen molar-refractivity contribution in [3.05, 3.63) is 0 Å². The van der Waals surface area contributed by atoms with Crippen molar-refractivity contribution in [1.82, 2.24) is 0 Å². The summed E-state index contributed by atoms with van der Waals surface area (Å²) in [5.41, 5.74) is -0.769. The number of carbonyl (C=O) groups excluding carboxylic acids is 2.